The Bertz CT molecular complexity index is 1730. The van der Waals surface area contributed by atoms with E-state index in [9.17, 15) is 0 Å². The van der Waals surface area contributed by atoms with Crippen molar-refractivity contribution in [1.82, 2.24) is 9.55 Å². The third-order valence-electron chi connectivity index (χ3n) is 6.18. The third-order valence-corrected chi connectivity index (χ3v) is 6.18. The van der Waals surface area contributed by atoms with Gasteiger partial charge in [0.25, 0.3) is 0 Å². The molecule has 6 aromatic rings. The van der Waals surface area contributed by atoms with Gasteiger partial charge in [-0.15, -0.1) is 0 Å². The summed E-state index contributed by atoms with van der Waals surface area (Å²) in [4.78, 5) is 4.74. The highest BCUT2D eigenvalue weighted by Crippen LogP contribution is 2.39. The lowest BCUT2D eigenvalue weighted by Gasteiger charge is -2.13. The van der Waals surface area contributed by atoms with Crippen LogP contribution < -0.4 is 0 Å². The number of fused-ring (bicyclic) bond motifs is 5. The molecule has 162 valence electrons. The van der Waals surface area contributed by atoms with E-state index in [0.29, 0.717) is 0 Å². The largest absolute Gasteiger partial charge is 0.439 e. The van der Waals surface area contributed by atoms with Crippen molar-refractivity contribution in [2.75, 3.05) is 0 Å². The molecule has 0 bridgehead atoms. The SMILES string of the molecule is C=C/C=C(\C=C)c1cc(-c2ccccc2)cc(-n2c3cccnc3c3c4ccccc4oc32)c1. The molecule has 0 radical (unpaired) electrons. The lowest BCUT2D eigenvalue weighted by Crippen LogP contribution is -1.96. The maximum atomic E-state index is 6.41. The monoisotopic (exact) mass is 438 g/mol. The van der Waals surface area contributed by atoms with Gasteiger partial charge in [-0.1, -0.05) is 79.9 Å². The number of hydrogen-bond donors (Lipinski definition) is 0. The second-order valence-electron chi connectivity index (χ2n) is 8.18. The Hall–Kier alpha value is -4.63. The predicted octanol–water partition coefficient (Wildman–Crippen LogP) is 8.35. The molecule has 3 heterocycles. The molecule has 0 saturated carbocycles. The van der Waals surface area contributed by atoms with Crippen LogP contribution in [0.25, 0.3) is 55.5 Å². The summed E-state index contributed by atoms with van der Waals surface area (Å²) in [6, 6.07) is 29.1. The molecule has 3 aromatic heterocycles. The first kappa shape index (κ1) is 20.0. The number of furan rings is 1. The van der Waals surface area contributed by atoms with E-state index in [-0.39, 0.29) is 0 Å². The van der Waals surface area contributed by atoms with Crippen LogP contribution in [0.15, 0.2) is 127 Å². The van der Waals surface area contributed by atoms with Crippen LogP contribution in [0.1, 0.15) is 5.56 Å². The molecule has 0 atom stereocenters. The minimum atomic E-state index is 0.791. The van der Waals surface area contributed by atoms with Crippen molar-refractivity contribution in [1.29, 1.82) is 0 Å². The molecule has 3 nitrogen and oxygen atoms in total. The van der Waals surface area contributed by atoms with E-state index in [2.05, 4.69) is 72.3 Å². The Labute approximate surface area is 197 Å². The molecule has 0 aliphatic heterocycles. The fourth-order valence-electron chi connectivity index (χ4n) is 4.67. The molecule has 3 aromatic carbocycles. The molecule has 6 rings (SSSR count). The quantitative estimate of drug-likeness (QED) is 0.253. The summed E-state index contributed by atoms with van der Waals surface area (Å²) in [6.07, 6.45) is 7.47. The standard InChI is InChI=1S/C31H22N2O/c1-3-11-21(4-2)23-18-24(22-12-6-5-7-13-22)20-25(19-23)33-27-15-10-17-32-30(27)29-26-14-8-9-16-28(26)34-31(29)33/h3-20H,1-2H2/b21-11+. The Morgan fingerprint density at radius 1 is 0.853 bits per heavy atom. The molecule has 0 fully saturated rings. The first-order valence-corrected chi connectivity index (χ1v) is 11.2. The Balaban J connectivity index is 1.73. The van der Waals surface area contributed by atoms with Crippen LogP contribution in [0.2, 0.25) is 0 Å². The average molecular weight is 439 g/mol. The number of benzene rings is 3. The van der Waals surface area contributed by atoms with Crippen molar-refractivity contribution >= 4 is 38.7 Å². The van der Waals surface area contributed by atoms with Crippen molar-refractivity contribution in [2.45, 2.75) is 0 Å². The summed E-state index contributed by atoms with van der Waals surface area (Å²) in [6.45, 7) is 7.91. The van der Waals surface area contributed by atoms with Crippen LogP contribution in [-0.2, 0) is 0 Å². The van der Waals surface area contributed by atoms with Gasteiger partial charge in [0.15, 0.2) is 0 Å². The second-order valence-corrected chi connectivity index (χ2v) is 8.18. The fraction of sp³-hybridized carbons (Fsp3) is 0. The molecule has 34 heavy (non-hydrogen) atoms. The smallest absolute Gasteiger partial charge is 0.215 e. The topological polar surface area (TPSA) is 31.0 Å². The molecule has 0 unspecified atom stereocenters. The van der Waals surface area contributed by atoms with Gasteiger partial charge >= 0.3 is 0 Å². The number of rotatable bonds is 5. The summed E-state index contributed by atoms with van der Waals surface area (Å²) in [5, 5.41) is 2.10. The Morgan fingerprint density at radius 3 is 2.50 bits per heavy atom. The van der Waals surface area contributed by atoms with Gasteiger partial charge in [0, 0.05) is 11.6 Å². The lowest BCUT2D eigenvalue weighted by molar-refractivity contribution is 0.645. The molecule has 0 amide bonds. The van der Waals surface area contributed by atoms with Gasteiger partial charge < -0.3 is 4.42 Å². The molecular formula is C31H22N2O. The highest BCUT2D eigenvalue weighted by molar-refractivity contribution is 6.18. The van der Waals surface area contributed by atoms with Gasteiger partial charge in [0.2, 0.25) is 5.71 Å². The van der Waals surface area contributed by atoms with E-state index in [4.69, 9.17) is 9.40 Å². The fourth-order valence-corrected chi connectivity index (χ4v) is 4.67. The normalized spacial score (nSPS) is 11.9. The maximum absolute atomic E-state index is 6.41. The molecule has 0 saturated heterocycles. The maximum Gasteiger partial charge on any atom is 0.215 e. The van der Waals surface area contributed by atoms with E-state index in [1.54, 1.807) is 6.08 Å². The summed E-state index contributed by atoms with van der Waals surface area (Å²) in [5.74, 6) is 0. The first-order valence-electron chi connectivity index (χ1n) is 11.2. The Kier molecular flexibility index (Phi) is 4.74. The van der Waals surface area contributed by atoms with Gasteiger partial charge in [0.1, 0.15) is 11.1 Å². The van der Waals surface area contributed by atoms with E-state index in [1.165, 1.54) is 0 Å². The highest BCUT2D eigenvalue weighted by atomic mass is 16.3. The van der Waals surface area contributed by atoms with Gasteiger partial charge in [-0.05, 0) is 58.7 Å². The summed E-state index contributed by atoms with van der Waals surface area (Å²) < 4.78 is 8.58. The van der Waals surface area contributed by atoms with Crippen molar-refractivity contribution in [3.63, 3.8) is 0 Å². The van der Waals surface area contributed by atoms with Crippen molar-refractivity contribution < 1.29 is 4.42 Å². The average Bonchev–Trinajstić information content (AvgIpc) is 3.42. The van der Waals surface area contributed by atoms with Gasteiger partial charge in [-0.3, -0.25) is 9.55 Å². The zero-order valence-corrected chi connectivity index (χ0v) is 18.6. The number of para-hydroxylation sites is 1. The third kappa shape index (κ3) is 3.10. The number of allylic oxidation sites excluding steroid dienone is 4. The van der Waals surface area contributed by atoms with Crippen LogP contribution >= 0.6 is 0 Å². The molecule has 0 N–H and O–H groups in total. The first-order chi connectivity index (χ1) is 16.8. The minimum Gasteiger partial charge on any atom is -0.439 e. The van der Waals surface area contributed by atoms with Crippen molar-refractivity contribution in [3.05, 3.63) is 128 Å². The Morgan fingerprint density at radius 2 is 1.68 bits per heavy atom. The minimum absolute atomic E-state index is 0.791. The summed E-state index contributed by atoms with van der Waals surface area (Å²) >= 11 is 0. The van der Waals surface area contributed by atoms with Gasteiger partial charge in [0.05, 0.1) is 16.6 Å². The van der Waals surface area contributed by atoms with Crippen molar-refractivity contribution in [2.24, 2.45) is 0 Å². The van der Waals surface area contributed by atoms with Crippen molar-refractivity contribution in [3.8, 4) is 16.8 Å². The molecule has 0 aliphatic carbocycles. The zero-order valence-electron chi connectivity index (χ0n) is 18.6. The number of pyridine rings is 1. The van der Waals surface area contributed by atoms with Crippen LogP contribution in [0.4, 0.5) is 0 Å². The van der Waals surface area contributed by atoms with Gasteiger partial charge in [-0.25, -0.2) is 0 Å². The predicted molar refractivity (Wildman–Crippen MR) is 142 cm³/mol. The van der Waals surface area contributed by atoms with Crippen LogP contribution in [-0.4, -0.2) is 9.55 Å². The number of hydrogen-bond acceptors (Lipinski definition) is 2. The molecule has 0 spiro atoms. The number of nitrogens with zero attached hydrogens (tertiary/aromatic N) is 2. The highest BCUT2D eigenvalue weighted by Gasteiger charge is 2.20. The summed E-state index contributed by atoms with van der Waals surface area (Å²) in [7, 11) is 0. The second kappa shape index (κ2) is 8.05. The van der Waals surface area contributed by atoms with Crippen LogP contribution in [0, 0.1) is 0 Å². The van der Waals surface area contributed by atoms with E-state index in [0.717, 1.165) is 61.1 Å². The molecule has 3 heteroatoms. The number of aromatic nitrogens is 2. The lowest BCUT2D eigenvalue weighted by atomic mass is 9.97. The molecule has 0 aliphatic rings. The van der Waals surface area contributed by atoms with Gasteiger partial charge in [-0.2, -0.15) is 0 Å². The summed E-state index contributed by atoms with van der Waals surface area (Å²) in [5.41, 5.74) is 8.89. The zero-order chi connectivity index (χ0) is 23.1. The van der Waals surface area contributed by atoms with Crippen LogP contribution in [0.3, 0.4) is 0 Å². The van der Waals surface area contributed by atoms with Crippen LogP contribution in [0.5, 0.6) is 0 Å². The van der Waals surface area contributed by atoms with E-state index in [1.807, 2.05) is 48.7 Å². The molecular weight excluding hydrogens is 416 g/mol. The van der Waals surface area contributed by atoms with E-state index < -0.39 is 0 Å². The van der Waals surface area contributed by atoms with E-state index >= 15 is 0 Å².